The van der Waals surface area contributed by atoms with Gasteiger partial charge in [0, 0.05) is 27.2 Å². The van der Waals surface area contributed by atoms with E-state index >= 15 is 0 Å². The van der Waals surface area contributed by atoms with Crippen LogP contribution in [0.2, 0.25) is 0 Å². The standard InChI is InChI=1S/C15H19N7O6.C2H6/c1-20(2)13(25)7-17-11(23)6-16-12(24)8-21(3)9-4-5-10(22(26)27)15-14(9)18-28-19-15;1-2/h4-5H,6-8H2,1-3H3,(H,16,24)(H,17,23);1-2H3. The van der Waals surface area contributed by atoms with Crippen LogP contribution in [0.15, 0.2) is 16.8 Å². The van der Waals surface area contributed by atoms with Gasteiger partial charge in [0.1, 0.15) is 0 Å². The van der Waals surface area contributed by atoms with Crippen molar-refractivity contribution < 1.29 is 23.9 Å². The molecule has 2 rings (SSSR count). The van der Waals surface area contributed by atoms with E-state index in [0.717, 1.165) is 0 Å². The van der Waals surface area contributed by atoms with Gasteiger partial charge in [0.2, 0.25) is 23.2 Å². The molecular weight excluding hydrogens is 398 g/mol. The molecule has 0 saturated heterocycles. The third-order valence-electron chi connectivity index (χ3n) is 3.74. The van der Waals surface area contributed by atoms with E-state index in [2.05, 4.69) is 25.6 Å². The lowest BCUT2D eigenvalue weighted by molar-refractivity contribution is -0.383. The number of fused-ring (bicyclic) bond motifs is 1. The number of rotatable bonds is 8. The molecule has 0 spiro atoms. The Bertz CT molecular complexity index is 911. The minimum Gasteiger partial charge on any atom is -0.363 e. The lowest BCUT2D eigenvalue weighted by Crippen LogP contribution is -2.43. The van der Waals surface area contributed by atoms with E-state index in [-0.39, 0.29) is 42.3 Å². The normalized spacial score (nSPS) is 9.90. The second-order valence-electron chi connectivity index (χ2n) is 6.02. The molecule has 0 fully saturated rings. The second kappa shape index (κ2) is 11.3. The fraction of sp³-hybridized carbons (Fsp3) is 0.471. The summed E-state index contributed by atoms with van der Waals surface area (Å²) in [5.41, 5.74) is 0.254. The number of anilines is 1. The smallest absolute Gasteiger partial charge is 0.300 e. The number of hydrogen-bond acceptors (Lipinski definition) is 9. The number of aromatic nitrogens is 2. The molecule has 164 valence electrons. The number of carbonyl (C=O) groups excluding carboxylic acids is 3. The minimum absolute atomic E-state index is 0.0281. The highest BCUT2D eigenvalue weighted by Gasteiger charge is 2.22. The van der Waals surface area contributed by atoms with Crippen LogP contribution >= 0.6 is 0 Å². The van der Waals surface area contributed by atoms with Crippen LogP contribution in [0, 0.1) is 10.1 Å². The van der Waals surface area contributed by atoms with Gasteiger partial charge in [0.15, 0.2) is 5.52 Å². The highest BCUT2D eigenvalue weighted by atomic mass is 16.6. The zero-order chi connectivity index (χ0) is 22.8. The summed E-state index contributed by atoms with van der Waals surface area (Å²) in [6.45, 7) is 3.39. The summed E-state index contributed by atoms with van der Waals surface area (Å²) in [5.74, 6) is -1.26. The monoisotopic (exact) mass is 423 g/mol. The van der Waals surface area contributed by atoms with E-state index in [4.69, 9.17) is 0 Å². The molecule has 13 nitrogen and oxygen atoms in total. The van der Waals surface area contributed by atoms with Crippen molar-refractivity contribution in [2.45, 2.75) is 13.8 Å². The van der Waals surface area contributed by atoms with Gasteiger partial charge in [0.05, 0.1) is 30.2 Å². The number of non-ortho nitro benzene ring substituents is 1. The zero-order valence-corrected chi connectivity index (χ0v) is 17.5. The van der Waals surface area contributed by atoms with E-state index < -0.39 is 16.7 Å². The van der Waals surface area contributed by atoms with Crippen molar-refractivity contribution in [3.05, 3.63) is 22.2 Å². The average molecular weight is 423 g/mol. The first-order valence-electron chi connectivity index (χ1n) is 9.05. The third-order valence-corrected chi connectivity index (χ3v) is 3.74. The molecule has 1 aromatic heterocycles. The fourth-order valence-corrected chi connectivity index (χ4v) is 2.23. The zero-order valence-electron chi connectivity index (χ0n) is 17.5. The first-order chi connectivity index (χ1) is 14.2. The van der Waals surface area contributed by atoms with Crippen LogP contribution in [0.25, 0.3) is 11.0 Å². The van der Waals surface area contributed by atoms with Gasteiger partial charge in [-0.05, 0) is 16.4 Å². The SMILES string of the molecule is CC.CN(C)C(=O)CNC(=O)CNC(=O)CN(C)c1ccc([N+](=O)[O-])c2nonc12. The van der Waals surface area contributed by atoms with Gasteiger partial charge in [-0.1, -0.05) is 13.8 Å². The van der Waals surface area contributed by atoms with Gasteiger partial charge >= 0.3 is 5.69 Å². The molecule has 1 heterocycles. The van der Waals surface area contributed by atoms with Crippen molar-refractivity contribution in [1.29, 1.82) is 0 Å². The van der Waals surface area contributed by atoms with Gasteiger partial charge < -0.3 is 20.4 Å². The number of carbonyl (C=O) groups is 3. The first kappa shape index (κ1) is 24.3. The Labute approximate surface area is 172 Å². The van der Waals surface area contributed by atoms with Crippen molar-refractivity contribution in [2.75, 3.05) is 45.7 Å². The summed E-state index contributed by atoms with van der Waals surface area (Å²) in [4.78, 5) is 48.3. The third kappa shape index (κ3) is 6.39. The average Bonchev–Trinajstić information content (AvgIpc) is 3.20. The molecule has 0 aliphatic rings. The van der Waals surface area contributed by atoms with Crippen molar-refractivity contribution in [2.24, 2.45) is 0 Å². The molecule has 13 heteroatoms. The Balaban J connectivity index is 0.00000218. The summed E-state index contributed by atoms with van der Waals surface area (Å²) < 4.78 is 4.58. The van der Waals surface area contributed by atoms with Crippen molar-refractivity contribution in [3.8, 4) is 0 Å². The maximum atomic E-state index is 12.1. The van der Waals surface area contributed by atoms with Crippen LogP contribution in [-0.4, -0.2) is 78.6 Å². The van der Waals surface area contributed by atoms with Crippen molar-refractivity contribution in [3.63, 3.8) is 0 Å². The number of benzene rings is 1. The topological polar surface area (TPSA) is 164 Å². The Morgan fingerprint density at radius 3 is 2.23 bits per heavy atom. The van der Waals surface area contributed by atoms with Crippen LogP contribution in [-0.2, 0) is 14.4 Å². The van der Waals surface area contributed by atoms with Gasteiger partial charge in [-0.15, -0.1) is 0 Å². The van der Waals surface area contributed by atoms with Gasteiger partial charge in [-0.3, -0.25) is 24.5 Å². The quantitative estimate of drug-likeness (QED) is 0.436. The summed E-state index contributed by atoms with van der Waals surface area (Å²) in [7, 11) is 4.70. The van der Waals surface area contributed by atoms with Crippen LogP contribution in [0.1, 0.15) is 13.8 Å². The van der Waals surface area contributed by atoms with E-state index in [0.29, 0.717) is 5.69 Å². The predicted molar refractivity (Wildman–Crippen MR) is 108 cm³/mol. The molecule has 3 amide bonds. The summed E-state index contributed by atoms with van der Waals surface area (Å²) in [6.07, 6.45) is 0. The summed E-state index contributed by atoms with van der Waals surface area (Å²) >= 11 is 0. The van der Waals surface area contributed by atoms with Crippen LogP contribution in [0.5, 0.6) is 0 Å². The van der Waals surface area contributed by atoms with Crippen molar-refractivity contribution >= 4 is 40.1 Å². The van der Waals surface area contributed by atoms with E-state index in [1.54, 1.807) is 21.1 Å². The number of hydrogen-bond donors (Lipinski definition) is 2. The molecule has 0 aliphatic heterocycles. The van der Waals surface area contributed by atoms with Gasteiger partial charge in [-0.2, -0.15) is 0 Å². The van der Waals surface area contributed by atoms with E-state index in [9.17, 15) is 24.5 Å². The minimum atomic E-state index is -0.608. The molecular formula is C17H25N7O6. The molecule has 0 bridgehead atoms. The number of nitro benzene ring substituents is 1. The highest BCUT2D eigenvalue weighted by Crippen LogP contribution is 2.30. The largest absolute Gasteiger partial charge is 0.363 e. The first-order valence-corrected chi connectivity index (χ1v) is 9.05. The Kier molecular flexibility index (Phi) is 9.13. The molecule has 2 aromatic rings. The molecule has 2 N–H and O–H groups in total. The lowest BCUT2D eigenvalue weighted by atomic mass is 10.2. The van der Waals surface area contributed by atoms with Crippen LogP contribution in [0.3, 0.4) is 0 Å². The molecule has 0 unspecified atom stereocenters. The second-order valence-corrected chi connectivity index (χ2v) is 6.02. The molecule has 30 heavy (non-hydrogen) atoms. The Morgan fingerprint density at radius 1 is 1.03 bits per heavy atom. The highest BCUT2D eigenvalue weighted by molar-refractivity contribution is 5.95. The number of nitrogens with zero attached hydrogens (tertiary/aromatic N) is 5. The Morgan fingerprint density at radius 2 is 1.63 bits per heavy atom. The van der Waals surface area contributed by atoms with E-state index in [1.807, 2.05) is 13.8 Å². The molecule has 0 saturated carbocycles. The molecule has 0 aliphatic carbocycles. The summed E-state index contributed by atoms with van der Waals surface area (Å²) in [5, 5.41) is 23.0. The maximum Gasteiger partial charge on any atom is 0.300 e. The number of nitro groups is 1. The molecule has 0 radical (unpaired) electrons. The number of nitrogens with one attached hydrogen (secondary N) is 2. The van der Waals surface area contributed by atoms with Crippen LogP contribution in [0.4, 0.5) is 11.4 Å². The van der Waals surface area contributed by atoms with E-state index in [1.165, 1.54) is 21.9 Å². The van der Waals surface area contributed by atoms with Gasteiger partial charge in [-0.25, -0.2) is 4.63 Å². The molecule has 1 aromatic carbocycles. The molecule has 0 atom stereocenters. The number of amides is 3. The van der Waals surface area contributed by atoms with Gasteiger partial charge in [0.25, 0.3) is 0 Å². The maximum absolute atomic E-state index is 12.1. The fourth-order valence-electron chi connectivity index (χ4n) is 2.23. The predicted octanol–water partition coefficient (Wildman–Crippen LogP) is -0.0860. The van der Waals surface area contributed by atoms with Crippen LogP contribution < -0.4 is 15.5 Å². The number of likely N-dealkylation sites (N-methyl/N-ethyl adjacent to an activating group) is 2. The van der Waals surface area contributed by atoms with Crippen molar-refractivity contribution in [1.82, 2.24) is 25.8 Å². The Hall–Kier alpha value is -3.77. The summed E-state index contributed by atoms with van der Waals surface area (Å²) in [6, 6.07) is 2.67. The lowest BCUT2D eigenvalue weighted by Gasteiger charge is -2.18.